The van der Waals surface area contributed by atoms with Gasteiger partial charge in [0.15, 0.2) is 6.29 Å². The third-order valence-corrected chi connectivity index (χ3v) is 2.98. The summed E-state index contributed by atoms with van der Waals surface area (Å²) in [5.74, 6) is 0.0911. The smallest absolute Gasteiger partial charge is 0.153 e. The van der Waals surface area contributed by atoms with Crippen LogP contribution in [0.1, 0.15) is 34.8 Å². The Bertz CT molecular complexity index is 573. The van der Waals surface area contributed by atoms with Crippen molar-refractivity contribution in [3.05, 3.63) is 47.5 Å². The standard InChI is InChI=1S/C13H11FN2O/c14-11-2-1-3-12(6-11)16-13(9-4-5-9)10(8-17)7-15-16/h1-3,6-9H,4-5H2. The van der Waals surface area contributed by atoms with Crippen LogP contribution in [0.4, 0.5) is 4.39 Å². The van der Waals surface area contributed by atoms with Crippen molar-refractivity contribution in [1.29, 1.82) is 0 Å². The zero-order valence-electron chi connectivity index (χ0n) is 9.14. The second kappa shape index (κ2) is 3.80. The third-order valence-electron chi connectivity index (χ3n) is 2.98. The van der Waals surface area contributed by atoms with Gasteiger partial charge in [-0.3, -0.25) is 4.79 Å². The summed E-state index contributed by atoms with van der Waals surface area (Å²) in [5, 5.41) is 4.18. The summed E-state index contributed by atoms with van der Waals surface area (Å²) >= 11 is 0. The first kappa shape index (κ1) is 10.2. The fraction of sp³-hybridized carbons (Fsp3) is 0.231. The average Bonchev–Trinajstić information content (AvgIpc) is 3.08. The van der Waals surface area contributed by atoms with Gasteiger partial charge in [0, 0.05) is 5.92 Å². The van der Waals surface area contributed by atoms with E-state index in [0.29, 0.717) is 17.2 Å². The van der Waals surface area contributed by atoms with Gasteiger partial charge >= 0.3 is 0 Å². The van der Waals surface area contributed by atoms with E-state index in [-0.39, 0.29) is 5.82 Å². The van der Waals surface area contributed by atoms with E-state index in [0.717, 1.165) is 24.8 Å². The molecule has 0 N–H and O–H groups in total. The third kappa shape index (κ3) is 1.75. The SMILES string of the molecule is O=Cc1cnn(-c2cccc(F)c2)c1C1CC1. The van der Waals surface area contributed by atoms with Crippen molar-refractivity contribution in [1.82, 2.24) is 9.78 Å². The van der Waals surface area contributed by atoms with Crippen LogP contribution >= 0.6 is 0 Å². The summed E-state index contributed by atoms with van der Waals surface area (Å²) in [7, 11) is 0. The number of halogens is 1. The van der Waals surface area contributed by atoms with E-state index in [4.69, 9.17) is 0 Å². The lowest BCUT2D eigenvalue weighted by Crippen LogP contribution is -2.02. The van der Waals surface area contributed by atoms with Gasteiger partial charge in [0.05, 0.1) is 23.1 Å². The molecule has 0 amide bonds. The summed E-state index contributed by atoms with van der Waals surface area (Å²) in [6, 6.07) is 6.25. The topological polar surface area (TPSA) is 34.9 Å². The van der Waals surface area contributed by atoms with Crippen molar-refractivity contribution >= 4 is 6.29 Å². The predicted molar refractivity (Wildman–Crippen MR) is 60.9 cm³/mol. The van der Waals surface area contributed by atoms with Crippen molar-refractivity contribution in [3.63, 3.8) is 0 Å². The monoisotopic (exact) mass is 230 g/mol. The van der Waals surface area contributed by atoms with Crippen molar-refractivity contribution in [3.8, 4) is 5.69 Å². The lowest BCUT2D eigenvalue weighted by Gasteiger charge is -2.07. The molecule has 0 unspecified atom stereocenters. The van der Waals surface area contributed by atoms with Crippen LogP contribution in [0.3, 0.4) is 0 Å². The number of carbonyl (C=O) groups is 1. The van der Waals surface area contributed by atoms with Gasteiger partial charge < -0.3 is 0 Å². The van der Waals surface area contributed by atoms with Crippen LogP contribution in [0.5, 0.6) is 0 Å². The second-order valence-corrected chi connectivity index (χ2v) is 4.27. The van der Waals surface area contributed by atoms with Gasteiger partial charge in [-0.15, -0.1) is 0 Å². The molecule has 1 aromatic heterocycles. The van der Waals surface area contributed by atoms with Gasteiger partial charge in [-0.25, -0.2) is 9.07 Å². The molecule has 0 saturated heterocycles. The molecule has 0 atom stereocenters. The fourth-order valence-electron chi connectivity index (χ4n) is 2.04. The quantitative estimate of drug-likeness (QED) is 0.760. The van der Waals surface area contributed by atoms with Crippen LogP contribution in [0.25, 0.3) is 5.69 Å². The van der Waals surface area contributed by atoms with E-state index >= 15 is 0 Å². The number of nitrogens with zero attached hydrogens (tertiary/aromatic N) is 2. The largest absolute Gasteiger partial charge is 0.298 e. The molecular weight excluding hydrogens is 219 g/mol. The molecule has 0 aliphatic heterocycles. The molecule has 3 rings (SSSR count). The Morgan fingerprint density at radius 2 is 2.24 bits per heavy atom. The minimum absolute atomic E-state index is 0.299. The number of rotatable bonds is 3. The lowest BCUT2D eigenvalue weighted by molar-refractivity contribution is 0.112. The molecule has 1 aliphatic rings. The molecule has 1 heterocycles. The highest BCUT2D eigenvalue weighted by Gasteiger charge is 2.30. The number of hydrogen-bond acceptors (Lipinski definition) is 2. The Morgan fingerprint density at radius 3 is 2.88 bits per heavy atom. The Balaban J connectivity index is 2.14. The molecule has 1 aromatic carbocycles. The van der Waals surface area contributed by atoms with Crippen LogP contribution in [-0.4, -0.2) is 16.1 Å². The molecule has 2 aromatic rings. The number of hydrogen-bond donors (Lipinski definition) is 0. The maximum absolute atomic E-state index is 13.2. The summed E-state index contributed by atoms with van der Waals surface area (Å²) in [5.41, 5.74) is 2.18. The molecule has 17 heavy (non-hydrogen) atoms. The fourth-order valence-corrected chi connectivity index (χ4v) is 2.04. The molecule has 3 nitrogen and oxygen atoms in total. The molecule has 1 saturated carbocycles. The van der Waals surface area contributed by atoms with E-state index in [2.05, 4.69) is 5.10 Å². The van der Waals surface area contributed by atoms with Crippen LogP contribution in [0.15, 0.2) is 30.5 Å². The normalized spacial score (nSPS) is 14.9. The highest BCUT2D eigenvalue weighted by Crippen LogP contribution is 2.42. The van der Waals surface area contributed by atoms with Gasteiger partial charge in [0.2, 0.25) is 0 Å². The zero-order valence-corrected chi connectivity index (χ0v) is 9.14. The second-order valence-electron chi connectivity index (χ2n) is 4.27. The van der Waals surface area contributed by atoms with E-state index in [1.54, 1.807) is 23.0 Å². The highest BCUT2D eigenvalue weighted by molar-refractivity contribution is 5.77. The van der Waals surface area contributed by atoms with Gasteiger partial charge in [0.25, 0.3) is 0 Å². The molecule has 1 aliphatic carbocycles. The minimum Gasteiger partial charge on any atom is -0.298 e. The first-order valence-electron chi connectivity index (χ1n) is 5.58. The Morgan fingerprint density at radius 1 is 1.41 bits per heavy atom. The maximum atomic E-state index is 13.2. The van der Waals surface area contributed by atoms with Crippen molar-refractivity contribution in [2.45, 2.75) is 18.8 Å². The number of aldehydes is 1. The minimum atomic E-state index is -0.299. The Kier molecular flexibility index (Phi) is 2.28. The number of carbonyl (C=O) groups excluding carboxylic acids is 1. The van der Waals surface area contributed by atoms with Crippen LogP contribution in [0.2, 0.25) is 0 Å². The van der Waals surface area contributed by atoms with E-state index < -0.39 is 0 Å². The predicted octanol–water partition coefficient (Wildman–Crippen LogP) is 2.70. The Hall–Kier alpha value is -1.97. The van der Waals surface area contributed by atoms with Crippen LogP contribution in [0, 0.1) is 5.82 Å². The molecule has 0 spiro atoms. The number of aromatic nitrogens is 2. The highest BCUT2D eigenvalue weighted by atomic mass is 19.1. The van der Waals surface area contributed by atoms with Crippen LogP contribution < -0.4 is 0 Å². The summed E-state index contributed by atoms with van der Waals surface area (Å²) in [6.07, 6.45) is 4.51. The molecule has 0 bridgehead atoms. The molecular formula is C13H11FN2O. The van der Waals surface area contributed by atoms with Gasteiger partial charge in [-0.2, -0.15) is 5.10 Å². The lowest BCUT2D eigenvalue weighted by atomic mass is 10.2. The molecule has 1 fully saturated rings. The van der Waals surface area contributed by atoms with Crippen molar-refractivity contribution < 1.29 is 9.18 Å². The first-order chi connectivity index (χ1) is 8.29. The summed E-state index contributed by atoms with van der Waals surface area (Å²) in [6.45, 7) is 0. The van der Waals surface area contributed by atoms with Gasteiger partial charge in [-0.05, 0) is 31.0 Å². The summed E-state index contributed by atoms with van der Waals surface area (Å²) in [4.78, 5) is 10.9. The Labute approximate surface area is 97.9 Å². The van der Waals surface area contributed by atoms with Gasteiger partial charge in [-0.1, -0.05) is 6.07 Å². The molecule has 0 radical (unpaired) electrons. The molecule has 86 valence electrons. The van der Waals surface area contributed by atoms with E-state index in [1.165, 1.54) is 12.1 Å². The van der Waals surface area contributed by atoms with Crippen molar-refractivity contribution in [2.24, 2.45) is 0 Å². The van der Waals surface area contributed by atoms with Crippen molar-refractivity contribution in [2.75, 3.05) is 0 Å². The average molecular weight is 230 g/mol. The number of benzene rings is 1. The van der Waals surface area contributed by atoms with Gasteiger partial charge in [0.1, 0.15) is 5.82 Å². The maximum Gasteiger partial charge on any atom is 0.153 e. The van der Waals surface area contributed by atoms with E-state index in [1.807, 2.05) is 0 Å². The molecule has 4 heteroatoms. The zero-order chi connectivity index (χ0) is 11.8. The first-order valence-corrected chi connectivity index (χ1v) is 5.58. The van der Waals surface area contributed by atoms with E-state index in [9.17, 15) is 9.18 Å². The summed E-state index contributed by atoms with van der Waals surface area (Å²) < 4.78 is 14.9. The van der Waals surface area contributed by atoms with Crippen LogP contribution in [-0.2, 0) is 0 Å².